The largest absolute Gasteiger partial charge is 0.398 e. The Hall–Kier alpha value is -0.500. The van der Waals surface area contributed by atoms with Crippen LogP contribution >= 0.6 is 15.9 Å². The van der Waals surface area contributed by atoms with E-state index >= 15 is 0 Å². The maximum atomic E-state index is 5.50. The molecular weight excluding hydrogens is 178 g/mol. The predicted molar refractivity (Wildman–Crippen MR) is 45.2 cm³/mol. The number of halogens is 1. The molecule has 0 radical (unpaired) electrons. The van der Waals surface area contributed by atoms with Gasteiger partial charge < -0.3 is 5.73 Å². The summed E-state index contributed by atoms with van der Waals surface area (Å²) in [5.74, 6) is 0. The van der Waals surface area contributed by atoms with Crippen LogP contribution in [0.25, 0.3) is 0 Å². The van der Waals surface area contributed by atoms with Crippen molar-refractivity contribution in [1.82, 2.24) is 0 Å². The van der Waals surface area contributed by atoms with Crippen LogP contribution < -0.4 is 5.73 Å². The summed E-state index contributed by atoms with van der Waals surface area (Å²) in [6, 6.07) is 0. The highest BCUT2D eigenvalue weighted by Gasteiger charge is 1.89. The molecule has 50 valence electrons. The average molecular weight is 188 g/mol. The molecule has 0 amide bonds. The van der Waals surface area contributed by atoms with E-state index in [-0.39, 0.29) is 0 Å². The van der Waals surface area contributed by atoms with Crippen molar-refractivity contribution in [2.45, 2.75) is 6.92 Å². The Morgan fingerprint density at radius 2 is 2.22 bits per heavy atom. The molecular formula is C7H10BrN. The van der Waals surface area contributed by atoms with Gasteiger partial charge in [0, 0.05) is 10.2 Å². The van der Waals surface area contributed by atoms with Gasteiger partial charge in [0.15, 0.2) is 0 Å². The zero-order chi connectivity index (χ0) is 7.28. The molecule has 0 aromatic heterocycles. The van der Waals surface area contributed by atoms with Crippen LogP contribution in [0.4, 0.5) is 0 Å². The van der Waals surface area contributed by atoms with E-state index < -0.39 is 0 Å². The highest BCUT2D eigenvalue weighted by molar-refractivity contribution is 9.12. The monoisotopic (exact) mass is 187 g/mol. The van der Waals surface area contributed by atoms with Gasteiger partial charge in [-0.3, -0.25) is 0 Å². The predicted octanol–water partition coefficient (Wildman–Crippen LogP) is 2.31. The third-order valence-corrected chi connectivity index (χ3v) is 1.57. The standard InChI is InChI=1S/C7H10BrN/c1-3-5-6(8)7(9)4-2/h3-5H,1,9H2,2H3/b6-5+,7-4+. The van der Waals surface area contributed by atoms with Crippen molar-refractivity contribution in [2.24, 2.45) is 5.73 Å². The summed E-state index contributed by atoms with van der Waals surface area (Å²) in [5.41, 5.74) is 6.23. The van der Waals surface area contributed by atoms with Gasteiger partial charge in [0.05, 0.1) is 0 Å². The van der Waals surface area contributed by atoms with Crippen molar-refractivity contribution in [3.63, 3.8) is 0 Å². The van der Waals surface area contributed by atoms with E-state index in [2.05, 4.69) is 22.5 Å². The first-order valence-electron chi connectivity index (χ1n) is 2.62. The lowest BCUT2D eigenvalue weighted by Gasteiger charge is -1.93. The SMILES string of the molecule is C=C/C=C(Br)\C(N)=C/C. The second kappa shape index (κ2) is 4.39. The molecule has 0 aromatic rings. The highest BCUT2D eigenvalue weighted by atomic mass is 79.9. The van der Waals surface area contributed by atoms with Crippen molar-refractivity contribution in [3.8, 4) is 0 Å². The van der Waals surface area contributed by atoms with Crippen LogP contribution in [-0.4, -0.2) is 0 Å². The lowest BCUT2D eigenvalue weighted by molar-refractivity contribution is 1.38. The number of hydrogen-bond donors (Lipinski definition) is 1. The fourth-order valence-corrected chi connectivity index (χ4v) is 0.753. The molecule has 0 aliphatic heterocycles. The van der Waals surface area contributed by atoms with E-state index in [1.165, 1.54) is 0 Å². The molecule has 0 aliphatic rings. The molecule has 0 saturated heterocycles. The van der Waals surface area contributed by atoms with Gasteiger partial charge in [-0.15, -0.1) is 0 Å². The van der Waals surface area contributed by atoms with Crippen LogP contribution in [0, 0.1) is 0 Å². The number of hydrogen-bond acceptors (Lipinski definition) is 1. The number of rotatable bonds is 2. The third kappa shape index (κ3) is 3.14. The first-order chi connectivity index (χ1) is 4.22. The van der Waals surface area contributed by atoms with Crippen molar-refractivity contribution >= 4 is 15.9 Å². The van der Waals surface area contributed by atoms with Gasteiger partial charge in [-0.05, 0) is 28.9 Å². The Morgan fingerprint density at radius 1 is 1.67 bits per heavy atom. The minimum atomic E-state index is 0.731. The van der Waals surface area contributed by atoms with E-state index in [1.807, 2.05) is 13.0 Å². The molecule has 0 saturated carbocycles. The maximum absolute atomic E-state index is 5.50. The molecule has 1 nitrogen and oxygen atoms in total. The molecule has 0 bridgehead atoms. The summed E-state index contributed by atoms with van der Waals surface area (Å²) in [6.45, 7) is 5.41. The number of allylic oxidation sites excluding steroid dienone is 4. The van der Waals surface area contributed by atoms with Crippen LogP contribution in [0.1, 0.15) is 6.92 Å². The van der Waals surface area contributed by atoms with Crippen LogP contribution in [0.2, 0.25) is 0 Å². The van der Waals surface area contributed by atoms with Crippen LogP contribution in [0.3, 0.4) is 0 Å². The fraction of sp³-hybridized carbons (Fsp3) is 0.143. The van der Waals surface area contributed by atoms with E-state index in [1.54, 1.807) is 12.2 Å². The summed E-state index contributed by atoms with van der Waals surface area (Å²) in [6.07, 6.45) is 5.31. The summed E-state index contributed by atoms with van der Waals surface area (Å²) in [7, 11) is 0. The summed E-state index contributed by atoms with van der Waals surface area (Å²) < 4.78 is 0.875. The van der Waals surface area contributed by atoms with Crippen molar-refractivity contribution in [1.29, 1.82) is 0 Å². The van der Waals surface area contributed by atoms with Crippen LogP contribution in [-0.2, 0) is 0 Å². The van der Waals surface area contributed by atoms with Gasteiger partial charge in [-0.2, -0.15) is 0 Å². The van der Waals surface area contributed by atoms with Gasteiger partial charge in [0.1, 0.15) is 0 Å². The highest BCUT2D eigenvalue weighted by Crippen LogP contribution is 2.11. The molecule has 2 N–H and O–H groups in total. The molecule has 0 fully saturated rings. The Kier molecular flexibility index (Phi) is 4.14. The molecule has 9 heavy (non-hydrogen) atoms. The molecule has 0 unspecified atom stereocenters. The Labute approximate surface area is 64.1 Å². The lowest BCUT2D eigenvalue weighted by atomic mass is 10.4. The fourth-order valence-electron chi connectivity index (χ4n) is 0.338. The molecule has 0 aromatic carbocycles. The quantitative estimate of drug-likeness (QED) is 0.661. The zero-order valence-corrected chi connectivity index (χ0v) is 6.98. The second-order valence-electron chi connectivity index (χ2n) is 1.49. The van der Waals surface area contributed by atoms with E-state index in [9.17, 15) is 0 Å². The molecule has 0 atom stereocenters. The van der Waals surface area contributed by atoms with Crippen molar-refractivity contribution < 1.29 is 0 Å². The molecule has 0 spiro atoms. The van der Waals surface area contributed by atoms with Gasteiger partial charge >= 0.3 is 0 Å². The summed E-state index contributed by atoms with van der Waals surface area (Å²) in [5, 5.41) is 0. The van der Waals surface area contributed by atoms with Crippen molar-refractivity contribution in [3.05, 3.63) is 35.0 Å². The van der Waals surface area contributed by atoms with Crippen LogP contribution in [0.5, 0.6) is 0 Å². The molecule has 0 aliphatic carbocycles. The summed E-state index contributed by atoms with van der Waals surface area (Å²) >= 11 is 3.26. The smallest absolute Gasteiger partial charge is 0.0415 e. The molecule has 0 heterocycles. The van der Waals surface area contributed by atoms with Gasteiger partial charge in [0.2, 0.25) is 0 Å². The zero-order valence-electron chi connectivity index (χ0n) is 5.39. The maximum Gasteiger partial charge on any atom is 0.0415 e. The Bertz CT molecular complexity index is 156. The van der Waals surface area contributed by atoms with Gasteiger partial charge in [-0.1, -0.05) is 18.7 Å². The molecule has 2 heteroatoms. The average Bonchev–Trinajstić information content (AvgIpc) is 1.87. The lowest BCUT2D eigenvalue weighted by Crippen LogP contribution is -1.94. The normalized spacial score (nSPS) is 13.6. The third-order valence-electron chi connectivity index (χ3n) is 0.851. The summed E-state index contributed by atoms with van der Waals surface area (Å²) in [4.78, 5) is 0. The van der Waals surface area contributed by atoms with Crippen molar-refractivity contribution in [2.75, 3.05) is 0 Å². The van der Waals surface area contributed by atoms with E-state index in [0.717, 1.165) is 10.2 Å². The number of nitrogens with two attached hydrogens (primary N) is 1. The molecule has 0 rings (SSSR count). The first-order valence-corrected chi connectivity index (χ1v) is 3.42. The van der Waals surface area contributed by atoms with E-state index in [0.29, 0.717) is 0 Å². The second-order valence-corrected chi connectivity index (χ2v) is 2.35. The Morgan fingerprint density at radius 3 is 2.56 bits per heavy atom. The minimum absolute atomic E-state index is 0.731. The Balaban J connectivity index is 4.19. The van der Waals surface area contributed by atoms with Crippen LogP contribution in [0.15, 0.2) is 35.0 Å². The van der Waals surface area contributed by atoms with Gasteiger partial charge in [-0.25, -0.2) is 0 Å². The van der Waals surface area contributed by atoms with E-state index in [4.69, 9.17) is 5.73 Å². The van der Waals surface area contributed by atoms with Gasteiger partial charge in [0.25, 0.3) is 0 Å². The minimum Gasteiger partial charge on any atom is -0.398 e. The topological polar surface area (TPSA) is 26.0 Å². The first kappa shape index (κ1) is 8.50.